The third kappa shape index (κ3) is 3.05. The normalized spacial score (nSPS) is 10.5. The Morgan fingerprint density at radius 2 is 1.86 bits per heavy atom. The van der Waals surface area contributed by atoms with E-state index in [9.17, 15) is 20.3 Å². The van der Waals surface area contributed by atoms with Gasteiger partial charge in [0.1, 0.15) is 0 Å². The zero-order valence-corrected chi connectivity index (χ0v) is 12.3. The van der Waals surface area contributed by atoms with E-state index >= 15 is 0 Å². The van der Waals surface area contributed by atoms with Crippen molar-refractivity contribution in [3.8, 4) is 17.2 Å². The van der Waals surface area contributed by atoms with Crippen LogP contribution in [0, 0.1) is 17.0 Å². The number of benzene rings is 2. The van der Waals surface area contributed by atoms with Crippen LogP contribution in [-0.2, 0) is 6.42 Å². The van der Waals surface area contributed by atoms with Gasteiger partial charge in [0.25, 0.3) is 0 Å². The van der Waals surface area contributed by atoms with Gasteiger partial charge in [-0.3, -0.25) is 10.1 Å². The summed E-state index contributed by atoms with van der Waals surface area (Å²) in [7, 11) is 0. The molecular weight excluding hydrogens is 312 g/mol. The third-order valence-electron chi connectivity index (χ3n) is 3.14. The lowest BCUT2D eigenvalue weighted by Crippen LogP contribution is -2.03. The summed E-state index contributed by atoms with van der Waals surface area (Å²) >= 11 is 5.90. The average molecular weight is 325 g/mol. The topological polar surface area (TPSA) is 119 Å². The molecule has 0 spiro atoms. The van der Waals surface area contributed by atoms with Crippen molar-refractivity contribution in [2.24, 2.45) is 5.90 Å². The van der Waals surface area contributed by atoms with Crippen molar-refractivity contribution < 1.29 is 20.0 Å². The largest absolute Gasteiger partial charge is 0.504 e. The van der Waals surface area contributed by atoms with Crippen LogP contribution in [0.3, 0.4) is 0 Å². The SMILES string of the molecule is Cc1cc(Cc2cc(Cl)cc(ON)c2O)c(O)c([N+](=O)[O-])c1. The quantitative estimate of drug-likeness (QED) is 0.587. The molecule has 0 aromatic heterocycles. The molecule has 0 saturated carbocycles. The number of nitro benzene ring substituents is 1. The lowest BCUT2D eigenvalue weighted by atomic mass is 10.00. The summed E-state index contributed by atoms with van der Waals surface area (Å²) in [4.78, 5) is 14.8. The number of rotatable bonds is 4. The van der Waals surface area contributed by atoms with E-state index in [2.05, 4.69) is 4.84 Å². The van der Waals surface area contributed by atoms with E-state index < -0.39 is 16.4 Å². The van der Waals surface area contributed by atoms with Crippen molar-refractivity contribution in [1.82, 2.24) is 0 Å². The van der Waals surface area contributed by atoms with Crippen molar-refractivity contribution >= 4 is 17.3 Å². The fourth-order valence-electron chi connectivity index (χ4n) is 2.17. The summed E-state index contributed by atoms with van der Waals surface area (Å²) < 4.78 is 0. The van der Waals surface area contributed by atoms with Gasteiger partial charge in [-0.2, -0.15) is 5.90 Å². The Balaban J connectivity index is 2.52. The highest BCUT2D eigenvalue weighted by Gasteiger charge is 2.20. The lowest BCUT2D eigenvalue weighted by Gasteiger charge is -2.11. The first-order valence-corrected chi connectivity index (χ1v) is 6.56. The predicted octanol–water partition coefficient (Wildman–Crippen LogP) is 2.81. The van der Waals surface area contributed by atoms with Crippen LogP contribution in [0.1, 0.15) is 16.7 Å². The predicted molar refractivity (Wildman–Crippen MR) is 80.2 cm³/mol. The van der Waals surface area contributed by atoms with E-state index in [1.54, 1.807) is 13.0 Å². The Hall–Kier alpha value is -2.51. The van der Waals surface area contributed by atoms with Crippen LogP contribution >= 0.6 is 11.6 Å². The summed E-state index contributed by atoms with van der Waals surface area (Å²) in [5.74, 6) is 4.32. The number of hydrogen-bond donors (Lipinski definition) is 3. The Bertz CT molecular complexity index is 748. The van der Waals surface area contributed by atoms with Crippen LogP contribution in [0.2, 0.25) is 5.02 Å². The summed E-state index contributed by atoms with van der Waals surface area (Å²) in [6, 6.07) is 5.66. The van der Waals surface area contributed by atoms with Gasteiger partial charge in [0.05, 0.1) is 4.92 Å². The van der Waals surface area contributed by atoms with Crippen LogP contribution in [0.5, 0.6) is 17.2 Å². The van der Waals surface area contributed by atoms with Crippen LogP contribution in [0.15, 0.2) is 24.3 Å². The first kappa shape index (κ1) is 15.9. The fourth-order valence-corrected chi connectivity index (χ4v) is 2.40. The Labute approximate surface area is 130 Å². The number of phenols is 2. The molecule has 0 heterocycles. The highest BCUT2D eigenvalue weighted by atomic mass is 35.5. The maximum Gasteiger partial charge on any atom is 0.311 e. The van der Waals surface area contributed by atoms with Gasteiger partial charge in [-0.05, 0) is 18.6 Å². The van der Waals surface area contributed by atoms with Gasteiger partial charge in [0, 0.05) is 34.7 Å². The van der Waals surface area contributed by atoms with E-state index in [1.165, 1.54) is 18.2 Å². The van der Waals surface area contributed by atoms with Crippen molar-refractivity contribution in [2.45, 2.75) is 13.3 Å². The standard InChI is InChI=1S/C14H13ClN2O5/c1-7-2-8(13(18)11(3-7)17(20)21)4-9-5-10(15)6-12(22-16)14(9)19/h2-3,5-6,18-19H,4,16H2,1H3. The summed E-state index contributed by atoms with van der Waals surface area (Å²) in [6.45, 7) is 1.67. The van der Waals surface area contributed by atoms with Crippen LogP contribution in [-0.4, -0.2) is 15.1 Å². The maximum absolute atomic E-state index is 10.9. The molecule has 8 heteroatoms. The zero-order chi connectivity index (χ0) is 16.4. The number of phenolic OH excluding ortho intramolecular Hbond substituents is 2. The molecule has 116 valence electrons. The van der Waals surface area contributed by atoms with Gasteiger partial charge in [-0.25, -0.2) is 0 Å². The molecule has 2 aromatic rings. The molecule has 2 rings (SSSR count). The number of halogens is 1. The highest BCUT2D eigenvalue weighted by Crippen LogP contribution is 2.38. The van der Waals surface area contributed by atoms with Gasteiger partial charge >= 0.3 is 5.69 Å². The molecule has 0 atom stereocenters. The molecule has 0 aliphatic heterocycles. The fraction of sp³-hybridized carbons (Fsp3) is 0.143. The molecule has 0 amide bonds. The summed E-state index contributed by atoms with van der Waals surface area (Å²) in [6.07, 6.45) is 0.0249. The van der Waals surface area contributed by atoms with E-state index in [0.717, 1.165) is 0 Å². The van der Waals surface area contributed by atoms with E-state index in [-0.39, 0.29) is 28.5 Å². The minimum absolute atomic E-state index is 0.0239. The van der Waals surface area contributed by atoms with Crippen LogP contribution in [0.4, 0.5) is 5.69 Å². The minimum atomic E-state index is -0.669. The smallest absolute Gasteiger partial charge is 0.311 e. The molecule has 0 unspecified atom stereocenters. The molecular formula is C14H13ClN2O5. The number of nitro groups is 1. The molecule has 0 bridgehead atoms. The van der Waals surface area contributed by atoms with E-state index in [0.29, 0.717) is 11.1 Å². The molecule has 0 aliphatic rings. The maximum atomic E-state index is 10.9. The zero-order valence-electron chi connectivity index (χ0n) is 11.5. The van der Waals surface area contributed by atoms with E-state index in [1.807, 2.05) is 0 Å². The third-order valence-corrected chi connectivity index (χ3v) is 3.35. The van der Waals surface area contributed by atoms with Crippen molar-refractivity contribution in [3.63, 3.8) is 0 Å². The Kier molecular flexibility index (Phi) is 4.39. The van der Waals surface area contributed by atoms with Crippen LogP contribution < -0.4 is 10.7 Å². The second-order valence-electron chi connectivity index (χ2n) is 4.76. The van der Waals surface area contributed by atoms with Gasteiger partial charge in [0.2, 0.25) is 0 Å². The summed E-state index contributed by atoms with van der Waals surface area (Å²) in [5, 5.41) is 31.3. The van der Waals surface area contributed by atoms with Crippen molar-refractivity contribution in [2.75, 3.05) is 0 Å². The Morgan fingerprint density at radius 3 is 2.45 bits per heavy atom. The van der Waals surface area contributed by atoms with Gasteiger partial charge < -0.3 is 15.1 Å². The monoisotopic (exact) mass is 324 g/mol. The molecule has 0 saturated heterocycles. The number of aromatic hydroxyl groups is 2. The van der Waals surface area contributed by atoms with Crippen molar-refractivity contribution in [1.29, 1.82) is 0 Å². The molecule has 0 radical (unpaired) electrons. The van der Waals surface area contributed by atoms with Gasteiger partial charge in [0.15, 0.2) is 17.2 Å². The van der Waals surface area contributed by atoms with Gasteiger partial charge in [-0.15, -0.1) is 0 Å². The molecule has 4 N–H and O–H groups in total. The number of nitrogens with zero attached hydrogens (tertiary/aromatic N) is 1. The minimum Gasteiger partial charge on any atom is -0.504 e. The second-order valence-corrected chi connectivity index (χ2v) is 5.19. The van der Waals surface area contributed by atoms with Crippen LogP contribution in [0.25, 0.3) is 0 Å². The molecule has 0 fully saturated rings. The first-order valence-electron chi connectivity index (χ1n) is 6.18. The van der Waals surface area contributed by atoms with E-state index in [4.69, 9.17) is 17.5 Å². The molecule has 22 heavy (non-hydrogen) atoms. The average Bonchev–Trinajstić information content (AvgIpc) is 2.45. The number of nitrogens with two attached hydrogens (primary N) is 1. The number of aryl methyl sites for hydroxylation is 1. The highest BCUT2D eigenvalue weighted by molar-refractivity contribution is 6.30. The van der Waals surface area contributed by atoms with Gasteiger partial charge in [-0.1, -0.05) is 17.7 Å². The summed E-state index contributed by atoms with van der Waals surface area (Å²) in [5.41, 5.74) is 0.818. The molecule has 2 aromatic carbocycles. The Morgan fingerprint density at radius 1 is 1.23 bits per heavy atom. The van der Waals surface area contributed by atoms with Crippen molar-refractivity contribution in [3.05, 3.63) is 56.1 Å². The first-order chi connectivity index (χ1) is 10.3. The second kappa shape index (κ2) is 6.08. The lowest BCUT2D eigenvalue weighted by molar-refractivity contribution is -0.386. The molecule has 0 aliphatic carbocycles. The number of hydrogen-bond acceptors (Lipinski definition) is 6. The molecule has 7 nitrogen and oxygen atoms in total.